The van der Waals surface area contributed by atoms with Crippen molar-refractivity contribution < 1.29 is 9.53 Å². The van der Waals surface area contributed by atoms with Gasteiger partial charge in [0.1, 0.15) is 5.75 Å². The SMILES string of the molecule is COc1ccc(NC(=O)c2ccc(CSc3nnc(C4CCCCC4)n3N)cc2)cc1. The van der Waals surface area contributed by atoms with Crippen LogP contribution in [0.1, 0.15) is 59.8 Å². The molecule has 1 amide bonds. The van der Waals surface area contributed by atoms with Gasteiger partial charge in [-0.3, -0.25) is 4.79 Å². The van der Waals surface area contributed by atoms with Gasteiger partial charge in [-0.1, -0.05) is 43.2 Å². The lowest BCUT2D eigenvalue weighted by atomic mass is 9.89. The molecule has 4 rings (SSSR count). The number of aromatic nitrogens is 3. The number of nitrogens with zero attached hydrogens (tertiary/aromatic N) is 3. The fraction of sp³-hybridized carbons (Fsp3) is 0.348. The Labute approximate surface area is 186 Å². The summed E-state index contributed by atoms with van der Waals surface area (Å²) in [6.07, 6.45) is 6.04. The molecule has 1 heterocycles. The van der Waals surface area contributed by atoms with Gasteiger partial charge in [0.05, 0.1) is 7.11 Å². The van der Waals surface area contributed by atoms with Gasteiger partial charge in [-0.05, 0) is 54.8 Å². The van der Waals surface area contributed by atoms with Gasteiger partial charge >= 0.3 is 0 Å². The largest absolute Gasteiger partial charge is 0.497 e. The number of thioether (sulfide) groups is 1. The molecule has 2 aromatic carbocycles. The molecule has 3 aromatic rings. The number of nitrogens with one attached hydrogen (secondary N) is 1. The summed E-state index contributed by atoms with van der Waals surface area (Å²) in [5, 5.41) is 12.2. The monoisotopic (exact) mass is 437 g/mol. The average Bonchev–Trinajstić information content (AvgIpc) is 3.19. The summed E-state index contributed by atoms with van der Waals surface area (Å²) >= 11 is 1.56. The molecular weight excluding hydrogens is 410 g/mol. The summed E-state index contributed by atoms with van der Waals surface area (Å²) in [6.45, 7) is 0. The third-order valence-electron chi connectivity index (χ3n) is 5.59. The van der Waals surface area contributed by atoms with E-state index in [1.54, 1.807) is 23.5 Å². The number of nitrogens with two attached hydrogens (primary N) is 1. The number of methoxy groups -OCH3 is 1. The van der Waals surface area contributed by atoms with Crippen molar-refractivity contribution in [3.63, 3.8) is 0 Å². The molecule has 0 bridgehead atoms. The first-order valence-corrected chi connectivity index (χ1v) is 11.5. The van der Waals surface area contributed by atoms with Gasteiger partial charge < -0.3 is 15.9 Å². The predicted octanol–water partition coefficient (Wildman–Crippen LogP) is 4.59. The van der Waals surface area contributed by atoms with E-state index < -0.39 is 0 Å². The highest BCUT2D eigenvalue weighted by Crippen LogP contribution is 2.32. The van der Waals surface area contributed by atoms with Crippen molar-refractivity contribution in [1.29, 1.82) is 0 Å². The van der Waals surface area contributed by atoms with Crippen LogP contribution in [0.3, 0.4) is 0 Å². The number of nitrogen functional groups attached to an aromatic ring is 1. The zero-order valence-corrected chi connectivity index (χ0v) is 18.4. The molecule has 3 N–H and O–H groups in total. The zero-order valence-electron chi connectivity index (χ0n) is 17.6. The second kappa shape index (κ2) is 9.87. The fourth-order valence-electron chi connectivity index (χ4n) is 3.80. The van der Waals surface area contributed by atoms with Crippen LogP contribution in [-0.4, -0.2) is 27.9 Å². The molecule has 1 aliphatic carbocycles. The number of hydrogen-bond donors (Lipinski definition) is 2. The van der Waals surface area contributed by atoms with Gasteiger partial charge in [0, 0.05) is 22.9 Å². The maximum Gasteiger partial charge on any atom is 0.255 e. The molecule has 31 heavy (non-hydrogen) atoms. The Morgan fingerprint density at radius 2 is 1.81 bits per heavy atom. The van der Waals surface area contributed by atoms with Gasteiger partial charge in [-0.15, -0.1) is 10.2 Å². The fourth-order valence-corrected chi connectivity index (χ4v) is 4.62. The van der Waals surface area contributed by atoms with Crippen LogP contribution in [0.5, 0.6) is 5.75 Å². The van der Waals surface area contributed by atoms with Gasteiger partial charge in [-0.25, -0.2) is 4.68 Å². The van der Waals surface area contributed by atoms with Gasteiger partial charge in [-0.2, -0.15) is 0 Å². The first-order chi connectivity index (χ1) is 15.1. The Morgan fingerprint density at radius 1 is 1.10 bits per heavy atom. The number of amides is 1. The van der Waals surface area contributed by atoms with E-state index in [2.05, 4.69) is 15.5 Å². The van der Waals surface area contributed by atoms with E-state index in [0.717, 1.165) is 40.8 Å². The highest BCUT2D eigenvalue weighted by atomic mass is 32.2. The van der Waals surface area contributed by atoms with E-state index in [1.807, 2.05) is 48.5 Å². The van der Waals surface area contributed by atoms with Crippen molar-refractivity contribution in [2.75, 3.05) is 18.3 Å². The van der Waals surface area contributed by atoms with Crippen molar-refractivity contribution in [3.8, 4) is 5.75 Å². The lowest BCUT2D eigenvalue weighted by Crippen LogP contribution is -2.18. The third kappa shape index (κ3) is 5.19. The Hall–Kier alpha value is -3.00. The molecule has 0 radical (unpaired) electrons. The Balaban J connectivity index is 1.33. The molecule has 0 saturated heterocycles. The molecule has 0 unspecified atom stereocenters. The molecular formula is C23H27N5O2S. The van der Waals surface area contributed by atoms with Crippen LogP contribution < -0.4 is 15.9 Å². The second-order valence-corrected chi connectivity index (χ2v) is 8.66. The minimum Gasteiger partial charge on any atom is -0.497 e. The molecule has 162 valence electrons. The quantitative estimate of drug-likeness (QED) is 0.415. The molecule has 0 aliphatic heterocycles. The number of benzene rings is 2. The van der Waals surface area contributed by atoms with E-state index in [-0.39, 0.29) is 5.91 Å². The number of anilines is 1. The Morgan fingerprint density at radius 3 is 2.48 bits per heavy atom. The van der Waals surface area contributed by atoms with Crippen molar-refractivity contribution in [2.24, 2.45) is 0 Å². The Kier molecular flexibility index (Phi) is 6.76. The van der Waals surface area contributed by atoms with Crippen LogP contribution in [0.2, 0.25) is 0 Å². The zero-order chi connectivity index (χ0) is 21.6. The van der Waals surface area contributed by atoms with Crippen molar-refractivity contribution in [2.45, 2.75) is 48.9 Å². The summed E-state index contributed by atoms with van der Waals surface area (Å²) in [4.78, 5) is 12.5. The lowest BCUT2D eigenvalue weighted by molar-refractivity contribution is 0.102. The number of rotatable bonds is 7. The number of hydrogen-bond acceptors (Lipinski definition) is 6. The van der Waals surface area contributed by atoms with Crippen LogP contribution in [-0.2, 0) is 5.75 Å². The molecule has 1 saturated carbocycles. The highest BCUT2D eigenvalue weighted by molar-refractivity contribution is 7.98. The van der Waals surface area contributed by atoms with Crippen molar-refractivity contribution in [3.05, 3.63) is 65.5 Å². The second-order valence-electron chi connectivity index (χ2n) is 7.71. The normalized spacial score (nSPS) is 14.4. The van der Waals surface area contributed by atoms with Crippen molar-refractivity contribution >= 4 is 23.4 Å². The summed E-state index contributed by atoms with van der Waals surface area (Å²) < 4.78 is 6.78. The molecule has 0 spiro atoms. The van der Waals surface area contributed by atoms with Crippen LogP contribution in [0, 0.1) is 0 Å². The predicted molar refractivity (Wildman–Crippen MR) is 123 cm³/mol. The first kappa shape index (κ1) is 21.2. The molecule has 1 fully saturated rings. The molecule has 1 aromatic heterocycles. The Bertz CT molecular complexity index is 1010. The van der Waals surface area contributed by atoms with E-state index in [9.17, 15) is 4.79 Å². The van der Waals surface area contributed by atoms with Crippen molar-refractivity contribution in [1.82, 2.24) is 14.9 Å². The summed E-state index contributed by atoms with van der Waals surface area (Å²) in [5.41, 5.74) is 2.42. The number of ether oxygens (including phenoxy) is 1. The van der Waals surface area contributed by atoms with E-state index in [1.165, 1.54) is 19.3 Å². The van der Waals surface area contributed by atoms with E-state index >= 15 is 0 Å². The summed E-state index contributed by atoms with van der Waals surface area (Å²) in [5.74, 6) is 8.89. The van der Waals surface area contributed by atoms with Gasteiger partial charge in [0.2, 0.25) is 5.16 Å². The van der Waals surface area contributed by atoms with E-state index in [4.69, 9.17) is 10.6 Å². The highest BCUT2D eigenvalue weighted by Gasteiger charge is 2.22. The summed E-state index contributed by atoms with van der Waals surface area (Å²) in [7, 11) is 1.61. The van der Waals surface area contributed by atoms with Crippen LogP contribution >= 0.6 is 11.8 Å². The summed E-state index contributed by atoms with van der Waals surface area (Å²) in [6, 6.07) is 14.8. The topological polar surface area (TPSA) is 95.1 Å². The van der Waals surface area contributed by atoms with E-state index in [0.29, 0.717) is 17.2 Å². The molecule has 7 nitrogen and oxygen atoms in total. The van der Waals surface area contributed by atoms with Crippen LogP contribution in [0.4, 0.5) is 5.69 Å². The number of carbonyl (C=O) groups is 1. The lowest BCUT2D eigenvalue weighted by Gasteiger charge is -2.20. The van der Waals surface area contributed by atoms with Gasteiger partial charge in [0.15, 0.2) is 5.82 Å². The standard InChI is InChI=1S/C23H27N5O2S/c1-30-20-13-11-19(12-14-20)25-22(29)18-9-7-16(8-10-18)15-31-23-27-26-21(28(23)24)17-5-3-2-4-6-17/h7-14,17H,2-6,15,24H2,1H3,(H,25,29). The third-order valence-corrected chi connectivity index (χ3v) is 6.61. The molecule has 0 atom stereocenters. The smallest absolute Gasteiger partial charge is 0.255 e. The van der Waals surface area contributed by atoms with Crippen LogP contribution in [0.25, 0.3) is 0 Å². The minimum atomic E-state index is -0.150. The maximum absolute atomic E-state index is 12.5. The molecule has 8 heteroatoms. The number of carbonyl (C=O) groups excluding carboxylic acids is 1. The molecule has 1 aliphatic rings. The maximum atomic E-state index is 12.5. The first-order valence-electron chi connectivity index (χ1n) is 10.5. The van der Waals surface area contributed by atoms with Gasteiger partial charge in [0.25, 0.3) is 5.91 Å². The van der Waals surface area contributed by atoms with Crippen LogP contribution in [0.15, 0.2) is 53.7 Å². The average molecular weight is 438 g/mol. The minimum absolute atomic E-state index is 0.150.